The van der Waals surface area contributed by atoms with Gasteiger partial charge in [0.25, 0.3) is 5.70 Å². The molecule has 0 unspecified atom stereocenters. The summed E-state index contributed by atoms with van der Waals surface area (Å²) in [5.41, 5.74) is 4.84. The second-order valence-corrected chi connectivity index (χ2v) is 2.47. The summed E-state index contributed by atoms with van der Waals surface area (Å²) in [6.07, 6.45) is 3.00. The van der Waals surface area contributed by atoms with Gasteiger partial charge in [0.1, 0.15) is 6.61 Å². The Labute approximate surface area is 86.9 Å². The lowest BCUT2D eigenvalue weighted by Crippen LogP contribution is -2.16. The fourth-order valence-electron chi connectivity index (χ4n) is 0.851. The van der Waals surface area contributed by atoms with Crippen LogP contribution < -0.4 is 5.73 Å². The molecule has 6 nitrogen and oxygen atoms in total. The standard InChI is InChI=1S/C9H12N2O4/c1-3-5-8(11(13)14)7(4-2)6-15-9(10)12/h3-5H,1,6H2,2H3,(H2,10,12)/b7-4-,8-5+. The maximum atomic E-state index is 10.6. The summed E-state index contributed by atoms with van der Waals surface area (Å²) in [4.78, 5) is 20.4. The zero-order chi connectivity index (χ0) is 11.8. The summed E-state index contributed by atoms with van der Waals surface area (Å²) in [6.45, 7) is 4.72. The van der Waals surface area contributed by atoms with Gasteiger partial charge < -0.3 is 10.5 Å². The highest BCUT2D eigenvalue weighted by Gasteiger charge is 2.16. The zero-order valence-corrected chi connectivity index (χ0v) is 8.30. The van der Waals surface area contributed by atoms with E-state index in [1.54, 1.807) is 6.92 Å². The maximum Gasteiger partial charge on any atom is 0.404 e. The molecule has 0 rings (SSSR count). The van der Waals surface area contributed by atoms with Gasteiger partial charge in [0.2, 0.25) is 0 Å². The summed E-state index contributed by atoms with van der Waals surface area (Å²) in [5, 5.41) is 10.6. The average molecular weight is 212 g/mol. The van der Waals surface area contributed by atoms with Crippen molar-refractivity contribution in [3.05, 3.63) is 46.2 Å². The Balaban J connectivity index is 4.78. The van der Waals surface area contributed by atoms with Gasteiger partial charge in [-0.1, -0.05) is 18.7 Å². The number of nitro groups is 1. The summed E-state index contributed by atoms with van der Waals surface area (Å²) in [7, 11) is 0. The first-order valence-electron chi connectivity index (χ1n) is 4.07. The first-order chi connectivity index (χ1) is 7.02. The number of carbonyl (C=O) groups excluding carboxylic acids is 1. The molecule has 0 aliphatic heterocycles. The molecule has 0 heterocycles. The molecule has 0 saturated heterocycles. The van der Waals surface area contributed by atoms with Crippen molar-refractivity contribution < 1.29 is 14.5 Å². The number of allylic oxidation sites excluding steroid dienone is 3. The van der Waals surface area contributed by atoms with Gasteiger partial charge in [0.05, 0.1) is 10.5 Å². The summed E-state index contributed by atoms with van der Waals surface area (Å²) < 4.78 is 4.46. The van der Waals surface area contributed by atoms with E-state index in [-0.39, 0.29) is 17.9 Å². The molecule has 0 aromatic carbocycles. The average Bonchev–Trinajstić information content (AvgIpc) is 2.16. The van der Waals surface area contributed by atoms with Gasteiger partial charge in [-0.05, 0) is 6.92 Å². The van der Waals surface area contributed by atoms with Crippen molar-refractivity contribution in [2.75, 3.05) is 6.61 Å². The SMILES string of the molecule is C=C/C=C(\C(=C/C)COC(N)=O)[N+](=O)[O-]. The number of rotatable bonds is 5. The topological polar surface area (TPSA) is 95.5 Å². The highest BCUT2D eigenvalue weighted by molar-refractivity contribution is 5.64. The Morgan fingerprint density at radius 1 is 1.67 bits per heavy atom. The molecular formula is C9H12N2O4. The smallest absolute Gasteiger partial charge is 0.404 e. The van der Waals surface area contributed by atoms with E-state index in [1.807, 2.05) is 0 Å². The van der Waals surface area contributed by atoms with Gasteiger partial charge in [-0.3, -0.25) is 10.1 Å². The maximum absolute atomic E-state index is 10.6. The van der Waals surface area contributed by atoms with Crippen LogP contribution in [0.25, 0.3) is 0 Å². The van der Waals surface area contributed by atoms with Crippen LogP contribution in [0.1, 0.15) is 6.92 Å². The Morgan fingerprint density at radius 2 is 2.27 bits per heavy atom. The van der Waals surface area contributed by atoms with E-state index >= 15 is 0 Å². The van der Waals surface area contributed by atoms with Crippen LogP contribution in [-0.2, 0) is 4.74 Å². The van der Waals surface area contributed by atoms with Gasteiger partial charge in [0.15, 0.2) is 0 Å². The van der Waals surface area contributed by atoms with Crippen LogP contribution in [0.3, 0.4) is 0 Å². The number of nitrogens with two attached hydrogens (primary N) is 1. The minimum absolute atomic E-state index is 0.172. The van der Waals surface area contributed by atoms with Crippen molar-refractivity contribution in [1.29, 1.82) is 0 Å². The van der Waals surface area contributed by atoms with E-state index < -0.39 is 11.0 Å². The summed E-state index contributed by atoms with van der Waals surface area (Å²) in [5.74, 6) is 0. The number of nitrogens with zero attached hydrogens (tertiary/aromatic N) is 1. The third-order valence-corrected chi connectivity index (χ3v) is 1.52. The van der Waals surface area contributed by atoms with Gasteiger partial charge in [-0.2, -0.15) is 0 Å². The number of hydrogen-bond donors (Lipinski definition) is 1. The molecule has 0 aliphatic rings. The molecule has 0 atom stereocenters. The molecule has 2 N–H and O–H groups in total. The van der Waals surface area contributed by atoms with E-state index in [0.29, 0.717) is 0 Å². The lowest BCUT2D eigenvalue weighted by atomic mass is 10.2. The van der Waals surface area contributed by atoms with E-state index in [0.717, 1.165) is 0 Å². The molecule has 1 amide bonds. The molecule has 0 bridgehead atoms. The molecule has 82 valence electrons. The number of primary amides is 1. The van der Waals surface area contributed by atoms with Crippen molar-refractivity contribution in [2.24, 2.45) is 5.73 Å². The van der Waals surface area contributed by atoms with E-state index in [1.165, 1.54) is 18.2 Å². The van der Waals surface area contributed by atoms with Crippen molar-refractivity contribution in [3.8, 4) is 0 Å². The van der Waals surface area contributed by atoms with E-state index in [2.05, 4.69) is 11.3 Å². The zero-order valence-electron chi connectivity index (χ0n) is 8.30. The molecular weight excluding hydrogens is 200 g/mol. The number of amides is 1. The van der Waals surface area contributed by atoms with Gasteiger partial charge in [-0.25, -0.2) is 4.79 Å². The molecule has 0 aromatic heterocycles. The summed E-state index contributed by atoms with van der Waals surface area (Å²) >= 11 is 0. The Morgan fingerprint density at radius 3 is 2.60 bits per heavy atom. The minimum atomic E-state index is -0.976. The van der Waals surface area contributed by atoms with Crippen LogP contribution in [0.5, 0.6) is 0 Å². The summed E-state index contributed by atoms with van der Waals surface area (Å²) in [6, 6.07) is 0. The minimum Gasteiger partial charge on any atom is -0.445 e. The Hall–Kier alpha value is -2.11. The second-order valence-electron chi connectivity index (χ2n) is 2.47. The van der Waals surface area contributed by atoms with E-state index in [4.69, 9.17) is 5.73 Å². The normalized spacial score (nSPS) is 12.1. The van der Waals surface area contributed by atoms with Crippen molar-refractivity contribution in [3.63, 3.8) is 0 Å². The van der Waals surface area contributed by atoms with Crippen molar-refractivity contribution >= 4 is 6.09 Å². The molecule has 0 aromatic rings. The molecule has 0 fully saturated rings. The molecule has 0 spiro atoms. The molecule has 6 heteroatoms. The first kappa shape index (κ1) is 12.9. The van der Waals surface area contributed by atoms with Crippen LogP contribution in [-0.4, -0.2) is 17.6 Å². The van der Waals surface area contributed by atoms with Gasteiger partial charge in [-0.15, -0.1) is 0 Å². The lowest BCUT2D eigenvalue weighted by molar-refractivity contribution is -0.421. The third-order valence-electron chi connectivity index (χ3n) is 1.52. The molecule has 0 radical (unpaired) electrons. The highest BCUT2D eigenvalue weighted by atomic mass is 16.6. The predicted molar refractivity (Wildman–Crippen MR) is 54.6 cm³/mol. The van der Waals surface area contributed by atoms with Gasteiger partial charge >= 0.3 is 6.09 Å². The predicted octanol–water partition coefficient (Wildman–Crippen LogP) is 1.37. The Bertz CT molecular complexity index is 331. The lowest BCUT2D eigenvalue weighted by Gasteiger charge is -2.03. The fraction of sp³-hybridized carbons (Fsp3) is 0.222. The quantitative estimate of drug-likeness (QED) is 0.423. The van der Waals surface area contributed by atoms with Crippen LogP contribution in [0.4, 0.5) is 4.79 Å². The second kappa shape index (κ2) is 6.36. The van der Waals surface area contributed by atoms with Crippen LogP contribution in [0, 0.1) is 10.1 Å². The van der Waals surface area contributed by atoms with Crippen molar-refractivity contribution in [1.82, 2.24) is 0 Å². The number of hydrogen-bond acceptors (Lipinski definition) is 4. The molecule has 0 saturated carbocycles. The van der Waals surface area contributed by atoms with E-state index in [9.17, 15) is 14.9 Å². The van der Waals surface area contributed by atoms with Crippen LogP contribution in [0.15, 0.2) is 36.1 Å². The number of ether oxygens (including phenoxy) is 1. The number of carbonyl (C=O) groups is 1. The fourth-order valence-corrected chi connectivity index (χ4v) is 0.851. The molecule has 15 heavy (non-hydrogen) atoms. The highest BCUT2D eigenvalue weighted by Crippen LogP contribution is 2.11. The van der Waals surface area contributed by atoms with Gasteiger partial charge in [0, 0.05) is 6.08 Å². The molecule has 0 aliphatic carbocycles. The third kappa shape index (κ3) is 4.61. The Kier molecular flexibility index (Phi) is 5.47. The largest absolute Gasteiger partial charge is 0.445 e. The van der Waals surface area contributed by atoms with Crippen LogP contribution >= 0.6 is 0 Å². The first-order valence-corrected chi connectivity index (χ1v) is 4.07. The van der Waals surface area contributed by atoms with Crippen LogP contribution in [0.2, 0.25) is 0 Å². The van der Waals surface area contributed by atoms with Crippen molar-refractivity contribution in [2.45, 2.75) is 6.92 Å². The monoisotopic (exact) mass is 212 g/mol.